The molecule has 98 valence electrons. The van der Waals surface area contributed by atoms with Crippen molar-refractivity contribution in [2.45, 2.75) is 6.92 Å². The Bertz CT molecular complexity index is 419. The fourth-order valence-corrected chi connectivity index (χ4v) is 1.15. The standard InChI is InChI=1S/C12H15NO5/c1-3-17-12(15)13-9-5-4-6-10(7-9)18-8-11(14)16-2/h4-7H,3,8H2,1-2H3,(H,13,15). The van der Waals surface area contributed by atoms with Crippen molar-refractivity contribution >= 4 is 17.7 Å². The number of carbonyl (C=O) groups is 2. The summed E-state index contributed by atoms with van der Waals surface area (Å²) in [5.74, 6) is -0.0200. The Morgan fingerprint density at radius 1 is 1.33 bits per heavy atom. The Morgan fingerprint density at radius 3 is 2.78 bits per heavy atom. The lowest BCUT2D eigenvalue weighted by atomic mass is 10.3. The van der Waals surface area contributed by atoms with Gasteiger partial charge in [0.1, 0.15) is 5.75 Å². The molecule has 1 N–H and O–H groups in total. The number of rotatable bonds is 5. The summed E-state index contributed by atoms with van der Waals surface area (Å²) in [5, 5.41) is 2.53. The van der Waals surface area contributed by atoms with Gasteiger partial charge >= 0.3 is 12.1 Å². The first-order chi connectivity index (χ1) is 8.65. The number of hydrogen-bond acceptors (Lipinski definition) is 5. The summed E-state index contributed by atoms with van der Waals surface area (Å²) in [7, 11) is 1.28. The Labute approximate surface area is 105 Å². The van der Waals surface area contributed by atoms with Gasteiger partial charge in [0.05, 0.1) is 13.7 Å². The summed E-state index contributed by atoms with van der Waals surface area (Å²) in [6, 6.07) is 6.62. The van der Waals surface area contributed by atoms with E-state index in [1.165, 1.54) is 7.11 Å². The van der Waals surface area contributed by atoms with E-state index in [1.807, 2.05) is 0 Å². The van der Waals surface area contributed by atoms with E-state index in [4.69, 9.17) is 9.47 Å². The SMILES string of the molecule is CCOC(=O)Nc1cccc(OCC(=O)OC)c1. The van der Waals surface area contributed by atoms with Crippen LogP contribution in [0, 0.1) is 0 Å². The predicted octanol–water partition coefficient (Wildman–Crippen LogP) is 1.81. The van der Waals surface area contributed by atoms with Gasteiger partial charge in [-0.2, -0.15) is 0 Å². The van der Waals surface area contributed by atoms with Crippen LogP contribution in [0.15, 0.2) is 24.3 Å². The van der Waals surface area contributed by atoms with E-state index < -0.39 is 12.1 Å². The molecule has 1 rings (SSSR count). The van der Waals surface area contributed by atoms with Crippen molar-refractivity contribution in [2.24, 2.45) is 0 Å². The summed E-state index contributed by atoms with van der Waals surface area (Å²) in [6.45, 7) is 1.83. The number of ether oxygens (including phenoxy) is 3. The number of methoxy groups -OCH3 is 1. The van der Waals surface area contributed by atoms with Crippen molar-refractivity contribution in [3.63, 3.8) is 0 Å². The lowest BCUT2D eigenvalue weighted by Gasteiger charge is -2.08. The highest BCUT2D eigenvalue weighted by atomic mass is 16.6. The Morgan fingerprint density at radius 2 is 2.11 bits per heavy atom. The van der Waals surface area contributed by atoms with Crippen molar-refractivity contribution in [3.05, 3.63) is 24.3 Å². The van der Waals surface area contributed by atoms with Gasteiger partial charge in [-0.15, -0.1) is 0 Å². The molecule has 0 aliphatic carbocycles. The summed E-state index contributed by atoms with van der Waals surface area (Å²) < 4.78 is 14.4. The zero-order valence-electron chi connectivity index (χ0n) is 10.3. The molecule has 18 heavy (non-hydrogen) atoms. The van der Waals surface area contributed by atoms with Gasteiger partial charge in [-0.3, -0.25) is 5.32 Å². The number of amides is 1. The van der Waals surface area contributed by atoms with Crippen LogP contribution >= 0.6 is 0 Å². The quantitative estimate of drug-likeness (QED) is 0.810. The van der Waals surface area contributed by atoms with Gasteiger partial charge in [-0.1, -0.05) is 6.07 Å². The first kappa shape index (κ1) is 13.8. The van der Waals surface area contributed by atoms with Gasteiger partial charge in [-0.05, 0) is 19.1 Å². The third kappa shape index (κ3) is 4.73. The van der Waals surface area contributed by atoms with E-state index in [0.717, 1.165) is 0 Å². The summed E-state index contributed by atoms with van der Waals surface area (Å²) in [4.78, 5) is 22.1. The normalized spacial score (nSPS) is 9.44. The topological polar surface area (TPSA) is 73.9 Å². The molecule has 1 aromatic carbocycles. The zero-order chi connectivity index (χ0) is 13.4. The van der Waals surface area contributed by atoms with Crippen LogP contribution in [0.4, 0.5) is 10.5 Å². The van der Waals surface area contributed by atoms with Gasteiger partial charge in [0, 0.05) is 11.8 Å². The van der Waals surface area contributed by atoms with Crippen molar-refractivity contribution < 1.29 is 23.8 Å². The summed E-state index contributed by atoms with van der Waals surface area (Å²) in [6.07, 6.45) is -0.539. The van der Waals surface area contributed by atoms with E-state index in [9.17, 15) is 9.59 Å². The minimum absolute atomic E-state index is 0.181. The van der Waals surface area contributed by atoms with Crippen LogP contribution in [-0.2, 0) is 14.3 Å². The number of esters is 1. The van der Waals surface area contributed by atoms with Crippen LogP contribution < -0.4 is 10.1 Å². The molecule has 0 atom stereocenters. The third-order valence-corrected chi connectivity index (χ3v) is 1.94. The number of nitrogens with one attached hydrogen (secondary N) is 1. The second kappa shape index (κ2) is 7.16. The molecule has 0 radical (unpaired) electrons. The molecule has 0 aromatic heterocycles. The van der Waals surface area contributed by atoms with Crippen LogP contribution in [0.25, 0.3) is 0 Å². The van der Waals surface area contributed by atoms with Gasteiger partial charge in [0.2, 0.25) is 0 Å². The largest absolute Gasteiger partial charge is 0.482 e. The minimum Gasteiger partial charge on any atom is -0.482 e. The Kier molecular flexibility index (Phi) is 5.50. The van der Waals surface area contributed by atoms with Gasteiger partial charge in [0.25, 0.3) is 0 Å². The number of hydrogen-bond donors (Lipinski definition) is 1. The lowest BCUT2D eigenvalue weighted by molar-refractivity contribution is -0.142. The third-order valence-electron chi connectivity index (χ3n) is 1.94. The van der Waals surface area contributed by atoms with Crippen molar-refractivity contribution in [1.29, 1.82) is 0 Å². The maximum absolute atomic E-state index is 11.2. The summed E-state index contributed by atoms with van der Waals surface area (Å²) in [5.41, 5.74) is 0.524. The minimum atomic E-state index is -0.539. The number of anilines is 1. The lowest BCUT2D eigenvalue weighted by Crippen LogP contribution is -2.14. The average Bonchev–Trinajstić information content (AvgIpc) is 2.36. The molecule has 0 unspecified atom stereocenters. The molecule has 0 aliphatic heterocycles. The fourth-order valence-electron chi connectivity index (χ4n) is 1.15. The molecule has 1 aromatic rings. The van der Waals surface area contributed by atoms with Crippen LogP contribution in [0.3, 0.4) is 0 Å². The fraction of sp³-hybridized carbons (Fsp3) is 0.333. The molecular weight excluding hydrogens is 238 g/mol. The molecule has 0 heterocycles. The first-order valence-corrected chi connectivity index (χ1v) is 5.39. The Hall–Kier alpha value is -2.24. The monoisotopic (exact) mass is 253 g/mol. The number of benzene rings is 1. The number of carbonyl (C=O) groups excluding carboxylic acids is 2. The van der Waals surface area contributed by atoms with Gasteiger partial charge in [-0.25, -0.2) is 9.59 Å². The highest BCUT2D eigenvalue weighted by Crippen LogP contribution is 2.17. The van der Waals surface area contributed by atoms with Crippen molar-refractivity contribution in [1.82, 2.24) is 0 Å². The highest BCUT2D eigenvalue weighted by molar-refractivity contribution is 5.84. The Balaban J connectivity index is 2.56. The maximum Gasteiger partial charge on any atom is 0.411 e. The van der Waals surface area contributed by atoms with Crippen LogP contribution in [0.2, 0.25) is 0 Å². The maximum atomic E-state index is 11.2. The van der Waals surface area contributed by atoms with E-state index >= 15 is 0 Å². The molecular formula is C12H15NO5. The smallest absolute Gasteiger partial charge is 0.411 e. The van der Waals surface area contributed by atoms with E-state index in [1.54, 1.807) is 31.2 Å². The van der Waals surface area contributed by atoms with Crippen LogP contribution in [0.1, 0.15) is 6.92 Å². The van der Waals surface area contributed by atoms with Crippen molar-refractivity contribution in [3.8, 4) is 5.75 Å². The summed E-state index contributed by atoms with van der Waals surface area (Å²) >= 11 is 0. The molecule has 6 heteroatoms. The van der Waals surface area contributed by atoms with Gasteiger partial charge < -0.3 is 14.2 Å². The molecule has 0 bridgehead atoms. The highest BCUT2D eigenvalue weighted by Gasteiger charge is 2.05. The van der Waals surface area contributed by atoms with Crippen molar-refractivity contribution in [2.75, 3.05) is 25.6 Å². The second-order valence-corrected chi connectivity index (χ2v) is 3.24. The van der Waals surface area contributed by atoms with Crippen LogP contribution in [0.5, 0.6) is 5.75 Å². The molecule has 0 spiro atoms. The molecule has 0 saturated carbocycles. The zero-order valence-corrected chi connectivity index (χ0v) is 10.3. The molecule has 6 nitrogen and oxygen atoms in total. The second-order valence-electron chi connectivity index (χ2n) is 3.24. The molecule has 0 aliphatic rings. The molecule has 0 saturated heterocycles. The van der Waals surface area contributed by atoms with Gasteiger partial charge in [0.15, 0.2) is 6.61 Å². The van der Waals surface area contributed by atoms with E-state index in [2.05, 4.69) is 10.1 Å². The first-order valence-electron chi connectivity index (χ1n) is 5.39. The van der Waals surface area contributed by atoms with E-state index in [0.29, 0.717) is 18.0 Å². The van der Waals surface area contributed by atoms with E-state index in [-0.39, 0.29) is 6.61 Å². The molecule has 0 fully saturated rings. The molecule has 1 amide bonds. The predicted molar refractivity (Wildman–Crippen MR) is 64.6 cm³/mol. The average molecular weight is 253 g/mol. The van der Waals surface area contributed by atoms with Crippen LogP contribution in [-0.4, -0.2) is 32.4 Å².